The predicted molar refractivity (Wildman–Crippen MR) is 107 cm³/mol. The number of anilines is 2. The smallest absolute Gasteiger partial charge is 0.225 e. The zero-order chi connectivity index (χ0) is 19.7. The molecule has 1 aliphatic carbocycles. The van der Waals surface area contributed by atoms with Gasteiger partial charge in [0.1, 0.15) is 12.1 Å². The number of methoxy groups -OCH3 is 1. The van der Waals surface area contributed by atoms with E-state index in [1.54, 1.807) is 13.2 Å². The zero-order valence-electron chi connectivity index (χ0n) is 16.7. The molecule has 0 spiro atoms. The van der Waals surface area contributed by atoms with Crippen LogP contribution in [0.25, 0.3) is 0 Å². The van der Waals surface area contributed by atoms with Gasteiger partial charge in [0.25, 0.3) is 0 Å². The molecule has 28 heavy (non-hydrogen) atoms. The van der Waals surface area contributed by atoms with Crippen LogP contribution in [0.3, 0.4) is 0 Å². The molecule has 3 heterocycles. The van der Waals surface area contributed by atoms with Gasteiger partial charge >= 0.3 is 0 Å². The number of rotatable bonds is 4. The van der Waals surface area contributed by atoms with Crippen molar-refractivity contribution >= 4 is 11.8 Å². The normalized spacial score (nSPS) is 21.9. The second-order valence-corrected chi connectivity index (χ2v) is 8.48. The van der Waals surface area contributed by atoms with Crippen molar-refractivity contribution in [3.05, 3.63) is 29.8 Å². The van der Waals surface area contributed by atoms with E-state index >= 15 is 0 Å². The molecule has 0 bridgehead atoms. The summed E-state index contributed by atoms with van der Waals surface area (Å²) in [6, 6.07) is 1.88. The van der Waals surface area contributed by atoms with Gasteiger partial charge in [0.05, 0.1) is 24.9 Å². The van der Waals surface area contributed by atoms with Gasteiger partial charge in [-0.15, -0.1) is 0 Å². The molecule has 2 aromatic rings. The summed E-state index contributed by atoms with van der Waals surface area (Å²) >= 11 is 0. The summed E-state index contributed by atoms with van der Waals surface area (Å²) in [5.41, 5.74) is 2.33. The highest BCUT2D eigenvalue weighted by Crippen LogP contribution is 2.41. The Morgan fingerprint density at radius 2 is 2.00 bits per heavy atom. The van der Waals surface area contributed by atoms with Crippen LogP contribution in [0.4, 0.5) is 11.8 Å². The lowest BCUT2D eigenvalue weighted by molar-refractivity contribution is 0.145. The van der Waals surface area contributed by atoms with Gasteiger partial charge in [-0.1, -0.05) is 13.8 Å². The van der Waals surface area contributed by atoms with E-state index in [1.165, 1.54) is 6.33 Å². The van der Waals surface area contributed by atoms with Crippen molar-refractivity contribution in [2.75, 3.05) is 30.4 Å². The summed E-state index contributed by atoms with van der Waals surface area (Å²) in [6.07, 6.45) is 6.67. The summed E-state index contributed by atoms with van der Waals surface area (Å²) in [5, 5.41) is 13.3. The molecule has 150 valence electrons. The molecule has 2 N–H and O–H groups in total. The fourth-order valence-electron chi connectivity index (χ4n) is 4.09. The van der Waals surface area contributed by atoms with Crippen LogP contribution in [0.1, 0.15) is 50.4 Å². The summed E-state index contributed by atoms with van der Waals surface area (Å²) in [7, 11) is 1.60. The molecule has 2 aromatic heterocycles. The lowest BCUT2D eigenvalue weighted by atomic mass is 9.74. The maximum Gasteiger partial charge on any atom is 0.225 e. The third-order valence-corrected chi connectivity index (χ3v) is 5.59. The molecule has 4 rings (SSSR count). The predicted octanol–water partition coefficient (Wildman–Crippen LogP) is 2.36. The highest BCUT2D eigenvalue weighted by Gasteiger charge is 2.34. The first-order chi connectivity index (χ1) is 13.4. The first kappa shape index (κ1) is 18.9. The SMILES string of the molecule is COc1cc(N[C@@H]2CC(C)(C)Cc3nc(N4CCC(O)CC4)ncc32)ncn1. The maximum absolute atomic E-state index is 9.75. The summed E-state index contributed by atoms with van der Waals surface area (Å²) in [5.74, 6) is 2.03. The second-order valence-electron chi connectivity index (χ2n) is 8.48. The van der Waals surface area contributed by atoms with Crippen LogP contribution in [-0.2, 0) is 6.42 Å². The Kier molecular flexibility index (Phi) is 5.05. The first-order valence-corrected chi connectivity index (χ1v) is 9.85. The Hall–Kier alpha value is -2.48. The van der Waals surface area contributed by atoms with Crippen molar-refractivity contribution in [1.82, 2.24) is 19.9 Å². The second kappa shape index (κ2) is 7.50. The standard InChI is InChI=1S/C20H28N6O2/c1-20(2)9-15(24-17-8-18(28-3)23-12-22-17)14-11-21-19(25-16(14)10-20)26-6-4-13(27)5-7-26/h8,11-13,15,27H,4-7,9-10H2,1-3H3,(H,22,23,24)/t15-/m1/s1. The van der Waals surface area contributed by atoms with Crippen molar-refractivity contribution in [2.45, 2.75) is 51.7 Å². The molecule has 0 saturated carbocycles. The Bertz CT molecular complexity index is 835. The molecule has 8 nitrogen and oxygen atoms in total. The van der Waals surface area contributed by atoms with Gasteiger partial charge in [-0.2, -0.15) is 0 Å². The molecule has 8 heteroatoms. The largest absolute Gasteiger partial charge is 0.481 e. The maximum atomic E-state index is 9.75. The van der Waals surface area contributed by atoms with Gasteiger partial charge < -0.3 is 20.1 Å². The van der Waals surface area contributed by atoms with E-state index in [1.807, 2.05) is 6.20 Å². The number of nitrogens with zero attached hydrogens (tertiary/aromatic N) is 5. The number of ether oxygens (including phenoxy) is 1. The minimum absolute atomic E-state index is 0.0792. The summed E-state index contributed by atoms with van der Waals surface area (Å²) in [6.45, 7) is 6.13. The van der Waals surface area contributed by atoms with Crippen LogP contribution in [0.5, 0.6) is 5.88 Å². The van der Waals surface area contributed by atoms with Crippen molar-refractivity contribution in [2.24, 2.45) is 5.41 Å². The van der Waals surface area contributed by atoms with E-state index in [9.17, 15) is 5.11 Å². The lowest BCUT2D eigenvalue weighted by Gasteiger charge is -2.37. The van der Waals surface area contributed by atoms with Gasteiger partial charge in [0, 0.05) is 30.9 Å². The van der Waals surface area contributed by atoms with Crippen LogP contribution >= 0.6 is 0 Å². The van der Waals surface area contributed by atoms with Gasteiger partial charge in [0.2, 0.25) is 11.8 Å². The Balaban J connectivity index is 1.60. The number of nitrogens with one attached hydrogen (secondary N) is 1. The Labute approximate surface area is 165 Å². The number of hydrogen-bond donors (Lipinski definition) is 2. The van der Waals surface area contributed by atoms with Crippen LogP contribution in [-0.4, -0.2) is 51.3 Å². The van der Waals surface area contributed by atoms with E-state index in [-0.39, 0.29) is 17.6 Å². The summed E-state index contributed by atoms with van der Waals surface area (Å²) in [4.78, 5) is 20.1. The molecule has 0 unspecified atom stereocenters. The van der Waals surface area contributed by atoms with E-state index in [4.69, 9.17) is 9.72 Å². The minimum atomic E-state index is -0.203. The molecule has 0 amide bonds. The molecule has 0 radical (unpaired) electrons. The Morgan fingerprint density at radius 3 is 2.75 bits per heavy atom. The van der Waals surface area contributed by atoms with E-state index < -0.39 is 0 Å². The number of aromatic nitrogens is 4. The molecule has 1 fully saturated rings. The van der Waals surface area contributed by atoms with E-state index in [2.05, 4.69) is 39.0 Å². The average Bonchev–Trinajstić information content (AvgIpc) is 2.67. The molecule has 1 atom stereocenters. The number of aliphatic hydroxyl groups excluding tert-OH is 1. The third-order valence-electron chi connectivity index (χ3n) is 5.59. The molecule has 0 aromatic carbocycles. The van der Waals surface area contributed by atoms with E-state index in [0.717, 1.165) is 61.8 Å². The quantitative estimate of drug-likeness (QED) is 0.829. The number of aliphatic hydroxyl groups is 1. The van der Waals surface area contributed by atoms with Crippen molar-refractivity contribution < 1.29 is 9.84 Å². The molecule has 2 aliphatic rings. The van der Waals surface area contributed by atoms with Crippen LogP contribution in [0.2, 0.25) is 0 Å². The average molecular weight is 384 g/mol. The highest BCUT2D eigenvalue weighted by atomic mass is 16.5. The van der Waals surface area contributed by atoms with Crippen molar-refractivity contribution in [3.63, 3.8) is 0 Å². The minimum Gasteiger partial charge on any atom is -0.481 e. The topological polar surface area (TPSA) is 96.3 Å². The fourth-order valence-corrected chi connectivity index (χ4v) is 4.09. The zero-order valence-corrected chi connectivity index (χ0v) is 16.7. The number of fused-ring (bicyclic) bond motifs is 1. The number of piperidine rings is 1. The lowest BCUT2D eigenvalue weighted by Crippen LogP contribution is -2.38. The van der Waals surface area contributed by atoms with Gasteiger partial charge in [0.15, 0.2) is 0 Å². The van der Waals surface area contributed by atoms with Gasteiger partial charge in [-0.25, -0.2) is 19.9 Å². The first-order valence-electron chi connectivity index (χ1n) is 9.85. The fraction of sp³-hybridized carbons (Fsp3) is 0.600. The molecule has 1 aliphatic heterocycles. The molecular formula is C20H28N6O2. The van der Waals surface area contributed by atoms with E-state index in [0.29, 0.717) is 5.88 Å². The van der Waals surface area contributed by atoms with Crippen LogP contribution in [0.15, 0.2) is 18.6 Å². The van der Waals surface area contributed by atoms with Crippen molar-refractivity contribution in [1.29, 1.82) is 0 Å². The highest BCUT2D eigenvalue weighted by molar-refractivity contribution is 5.44. The number of hydrogen-bond acceptors (Lipinski definition) is 8. The summed E-state index contributed by atoms with van der Waals surface area (Å²) < 4.78 is 5.21. The molecular weight excluding hydrogens is 356 g/mol. The van der Waals surface area contributed by atoms with Gasteiger partial charge in [-0.3, -0.25) is 0 Å². The van der Waals surface area contributed by atoms with Crippen molar-refractivity contribution in [3.8, 4) is 5.88 Å². The Morgan fingerprint density at radius 1 is 1.21 bits per heavy atom. The molecule has 1 saturated heterocycles. The van der Waals surface area contributed by atoms with Crippen LogP contribution < -0.4 is 15.0 Å². The monoisotopic (exact) mass is 384 g/mol. The van der Waals surface area contributed by atoms with Crippen LogP contribution in [0, 0.1) is 5.41 Å². The third kappa shape index (κ3) is 4.01. The van der Waals surface area contributed by atoms with Gasteiger partial charge in [-0.05, 0) is 31.1 Å².